The lowest BCUT2D eigenvalue weighted by Crippen LogP contribution is -2.17. The molecular weight excluding hydrogens is 212 g/mol. The summed E-state index contributed by atoms with van der Waals surface area (Å²) < 4.78 is 26.9. The summed E-state index contributed by atoms with van der Waals surface area (Å²) in [5, 5.41) is 0. The van der Waals surface area contributed by atoms with E-state index in [2.05, 4.69) is 0 Å². The molecule has 0 saturated carbocycles. The smallest absolute Gasteiger partial charge is 0.169 e. The van der Waals surface area contributed by atoms with Gasteiger partial charge < -0.3 is 5.73 Å². The molecule has 0 fully saturated rings. The Hall–Kier alpha value is -1.29. The van der Waals surface area contributed by atoms with Crippen molar-refractivity contribution in [2.45, 2.75) is 20.3 Å². The highest BCUT2D eigenvalue weighted by Crippen LogP contribution is 2.19. The van der Waals surface area contributed by atoms with Crippen molar-refractivity contribution in [1.82, 2.24) is 0 Å². The molecule has 2 N–H and O–H groups in total. The maximum Gasteiger partial charge on any atom is 0.169 e. The third-order valence-corrected chi connectivity index (χ3v) is 2.50. The molecule has 1 atom stereocenters. The van der Waals surface area contributed by atoms with Gasteiger partial charge in [-0.15, -0.1) is 0 Å². The van der Waals surface area contributed by atoms with E-state index in [0.29, 0.717) is 6.54 Å². The van der Waals surface area contributed by atoms with Gasteiger partial charge in [0, 0.05) is 6.42 Å². The van der Waals surface area contributed by atoms with Crippen LogP contribution in [0.1, 0.15) is 29.3 Å². The fraction of sp³-hybridized carbons (Fsp3) is 0.417. The first kappa shape index (κ1) is 12.8. The molecule has 0 saturated heterocycles. The number of carbonyl (C=O) groups is 1. The fourth-order valence-corrected chi connectivity index (χ4v) is 1.41. The molecule has 88 valence electrons. The normalized spacial score (nSPS) is 12.6. The molecule has 0 spiro atoms. The molecule has 0 amide bonds. The number of hydrogen-bond acceptors (Lipinski definition) is 2. The van der Waals surface area contributed by atoms with E-state index in [1.807, 2.05) is 0 Å². The summed E-state index contributed by atoms with van der Waals surface area (Å²) in [4.78, 5) is 11.7. The minimum Gasteiger partial charge on any atom is -0.330 e. The van der Waals surface area contributed by atoms with Crippen molar-refractivity contribution in [1.29, 1.82) is 0 Å². The lowest BCUT2D eigenvalue weighted by molar-refractivity contribution is 0.0957. The zero-order chi connectivity index (χ0) is 12.3. The van der Waals surface area contributed by atoms with Crippen molar-refractivity contribution in [2.75, 3.05) is 6.54 Å². The van der Waals surface area contributed by atoms with E-state index in [1.54, 1.807) is 6.92 Å². The van der Waals surface area contributed by atoms with Gasteiger partial charge in [-0.1, -0.05) is 13.0 Å². The van der Waals surface area contributed by atoms with Crippen LogP contribution < -0.4 is 5.73 Å². The average molecular weight is 227 g/mol. The Bertz CT molecular complexity index is 404. The van der Waals surface area contributed by atoms with E-state index in [4.69, 9.17) is 5.73 Å². The van der Waals surface area contributed by atoms with Gasteiger partial charge in [0.15, 0.2) is 5.78 Å². The first-order valence-corrected chi connectivity index (χ1v) is 5.15. The minimum atomic E-state index is -0.808. The maximum atomic E-state index is 13.6. The molecule has 4 heteroatoms. The summed E-state index contributed by atoms with van der Waals surface area (Å²) >= 11 is 0. The van der Waals surface area contributed by atoms with E-state index in [-0.39, 0.29) is 17.9 Å². The Balaban J connectivity index is 3.03. The van der Waals surface area contributed by atoms with E-state index < -0.39 is 23.0 Å². The van der Waals surface area contributed by atoms with Crippen molar-refractivity contribution in [3.8, 4) is 0 Å². The highest BCUT2D eigenvalue weighted by Gasteiger charge is 2.20. The molecule has 0 aliphatic carbocycles. The van der Waals surface area contributed by atoms with E-state index >= 15 is 0 Å². The number of Topliss-reactive ketones (excluding diaryl/α,β-unsaturated/α-hetero) is 1. The number of hydrogen-bond donors (Lipinski definition) is 1. The monoisotopic (exact) mass is 227 g/mol. The molecule has 1 rings (SSSR count). The van der Waals surface area contributed by atoms with Gasteiger partial charge in [-0.25, -0.2) is 8.78 Å². The van der Waals surface area contributed by atoms with Crippen LogP contribution in [0.25, 0.3) is 0 Å². The number of benzene rings is 1. The fourth-order valence-electron chi connectivity index (χ4n) is 1.41. The maximum absolute atomic E-state index is 13.6. The summed E-state index contributed by atoms with van der Waals surface area (Å²) in [6.45, 7) is 3.59. The van der Waals surface area contributed by atoms with Crippen molar-refractivity contribution >= 4 is 5.78 Å². The van der Waals surface area contributed by atoms with Gasteiger partial charge in [0.2, 0.25) is 0 Å². The minimum absolute atomic E-state index is 0.0633. The molecule has 0 aromatic heterocycles. The van der Waals surface area contributed by atoms with Crippen molar-refractivity contribution < 1.29 is 13.6 Å². The number of aryl methyl sites for hydroxylation is 1. The molecule has 1 aromatic carbocycles. The van der Waals surface area contributed by atoms with Crippen molar-refractivity contribution in [3.05, 3.63) is 34.9 Å². The van der Waals surface area contributed by atoms with Crippen molar-refractivity contribution in [3.63, 3.8) is 0 Å². The molecule has 0 radical (unpaired) electrons. The summed E-state index contributed by atoms with van der Waals surface area (Å²) in [5.74, 6) is -2.19. The predicted molar refractivity (Wildman–Crippen MR) is 58.3 cm³/mol. The lowest BCUT2D eigenvalue weighted by Gasteiger charge is -2.09. The van der Waals surface area contributed by atoms with Crippen LogP contribution >= 0.6 is 0 Å². The largest absolute Gasteiger partial charge is 0.330 e. The van der Waals surface area contributed by atoms with Crippen LogP contribution in [0, 0.1) is 24.5 Å². The average Bonchev–Trinajstić information content (AvgIpc) is 2.24. The highest BCUT2D eigenvalue weighted by molar-refractivity contribution is 5.96. The summed E-state index contributed by atoms with van der Waals surface area (Å²) in [6.07, 6.45) is 0.0633. The second-order valence-corrected chi connectivity index (χ2v) is 4.02. The van der Waals surface area contributed by atoms with Gasteiger partial charge in [-0.05, 0) is 31.0 Å². The Kier molecular flexibility index (Phi) is 4.12. The number of halogens is 2. The number of rotatable bonds is 4. The Labute approximate surface area is 93.5 Å². The second-order valence-electron chi connectivity index (χ2n) is 4.02. The standard InChI is InChI=1S/C12H15F2NO/c1-7(6-15)5-10(16)11-9(13)4-3-8(2)12(11)14/h3-4,7H,5-6,15H2,1-2H3. The van der Waals surface area contributed by atoms with Gasteiger partial charge in [0.25, 0.3) is 0 Å². The summed E-state index contributed by atoms with van der Waals surface area (Å²) in [7, 11) is 0. The van der Waals surface area contributed by atoms with E-state index in [9.17, 15) is 13.6 Å². The van der Waals surface area contributed by atoms with Gasteiger partial charge >= 0.3 is 0 Å². The second kappa shape index (κ2) is 5.16. The van der Waals surface area contributed by atoms with Gasteiger partial charge in [0.1, 0.15) is 11.6 Å². The van der Waals surface area contributed by atoms with Crippen LogP contribution in [-0.2, 0) is 0 Å². The first-order chi connectivity index (χ1) is 7.47. The first-order valence-electron chi connectivity index (χ1n) is 5.15. The summed E-state index contributed by atoms with van der Waals surface area (Å²) in [6, 6.07) is 2.42. The van der Waals surface area contributed by atoms with Gasteiger partial charge in [-0.2, -0.15) is 0 Å². The Morgan fingerprint density at radius 1 is 1.44 bits per heavy atom. The third-order valence-electron chi connectivity index (χ3n) is 2.50. The molecular formula is C12H15F2NO. The van der Waals surface area contributed by atoms with E-state index in [0.717, 1.165) is 6.07 Å². The van der Waals surface area contributed by atoms with E-state index in [1.165, 1.54) is 13.0 Å². The van der Waals surface area contributed by atoms with Crippen LogP contribution in [0.5, 0.6) is 0 Å². The third kappa shape index (κ3) is 2.64. The Morgan fingerprint density at radius 2 is 2.06 bits per heavy atom. The quantitative estimate of drug-likeness (QED) is 0.803. The van der Waals surface area contributed by atoms with Crippen LogP contribution in [0.2, 0.25) is 0 Å². The molecule has 0 heterocycles. The number of nitrogens with two attached hydrogens (primary N) is 1. The molecule has 0 aliphatic heterocycles. The molecule has 1 unspecified atom stereocenters. The molecule has 0 bridgehead atoms. The lowest BCUT2D eigenvalue weighted by atomic mass is 9.98. The zero-order valence-electron chi connectivity index (χ0n) is 9.39. The van der Waals surface area contributed by atoms with Gasteiger partial charge in [-0.3, -0.25) is 4.79 Å². The molecule has 0 aliphatic rings. The molecule has 2 nitrogen and oxygen atoms in total. The van der Waals surface area contributed by atoms with Crippen LogP contribution in [0.4, 0.5) is 8.78 Å². The summed E-state index contributed by atoms with van der Waals surface area (Å²) in [5.41, 5.74) is 5.19. The Morgan fingerprint density at radius 3 is 2.62 bits per heavy atom. The van der Waals surface area contributed by atoms with Crippen molar-refractivity contribution in [2.24, 2.45) is 11.7 Å². The SMILES string of the molecule is Cc1ccc(F)c(C(=O)CC(C)CN)c1F. The van der Waals surface area contributed by atoms with Crippen LogP contribution in [0.15, 0.2) is 12.1 Å². The zero-order valence-corrected chi connectivity index (χ0v) is 9.39. The van der Waals surface area contributed by atoms with Gasteiger partial charge in [0.05, 0.1) is 5.56 Å². The topological polar surface area (TPSA) is 43.1 Å². The number of ketones is 1. The molecule has 16 heavy (non-hydrogen) atoms. The van der Waals surface area contributed by atoms with Crippen LogP contribution in [-0.4, -0.2) is 12.3 Å². The highest BCUT2D eigenvalue weighted by atomic mass is 19.1. The predicted octanol–water partition coefficient (Wildman–Crippen LogP) is 2.44. The molecule has 1 aromatic rings. The number of carbonyl (C=O) groups excluding carboxylic acids is 1. The van der Waals surface area contributed by atoms with Crippen LogP contribution in [0.3, 0.4) is 0 Å².